The van der Waals surface area contributed by atoms with Crippen molar-refractivity contribution in [2.75, 3.05) is 6.61 Å². The molecule has 2 rings (SSSR count). The molecule has 0 spiro atoms. The highest BCUT2D eigenvalue weighted by Crippen LogP contribution is 2.39. The lowest BCUT2D eigenvalue weighted by Gasteiger charge is -2.38. The van der Waals surface area contributed by atoms with Gasteiger partial charge >= 0.3 is 0 Å². The minimum atomic E-state index is -3.91. The van der Waals surface area contributed by atoms with Crippen LogP contribution in [0.5, 0.6) is 0 Å². The molecule has 0 unspecified atom stereocenters. The van der Waals surface area contributed by atoms with Crippen LogP contribution in [0.1, 0.15) is 38.8 Å². The van der Waals surface area contributed by atoms with E-state index < -0.39 is 27.5 Å². The number of nitrogens with one attached hydrogen (secondary N) is 2. The number of carbonyl (C=O) groups is 1. The summed E-state index contributed by atoms with van der Waals surface area (Å²) in [6.07, 6.45) is 1.83. The van der Waals surface area contributed by atoms with E-state index in [9.17, 15) is 18.3 Å². The predicted octanol–water partition coefficient (Wildman–Crippen LogP) is 3.42. The maximum Gasteiger partial charge on any atom is 0.241 e. The van der Waals surface area contributed by atoms with Crippen LogP contribution in [0.4, 0.5) is 0 Å². The van der Waals surface area contributed by atoms with E-state index in [0.29, 0.717) is 5.56 Å². The van der Waals surface area contributed by atoms with Crippen molar-refractivity contribution in [3.8, 4) is 0 Å². The standard InChI is InChI=1S/C24H32N2O4S/c1-5-16-24(4,23(28)25-21(17-27)18(2)3)22(19-12-8-6-9-13-19)26-31(29,30)20-14-10-7-11-15-20/h5-15,18,21-22,26-27H,1,16-17H2,2-4H3,(H,25,28)/t21-,22+,24-/m1/s1. The van der Waals surface area contributed by atoms with Gasteiger partial charge in [0, 0.05) is 0 Å². The summed E-state index contributed by atoms with van der Waals surface area (Å²) in [6.45, 7) is 9.09. The van der Waals surface area contributed by atoms with Crippen molar-refractivity contribution < 1.29 is 18.3 Å². The Morgan fingerprint density at radius 3 is 2.13 bits per heavy atom. The molecule has 31 heavy (non-hydrogen) atoms. The number of carbonyl (C=O) groups excluding carboxylic acids is 1. The topological polar surface area (TPSA) is 95.5 Å². The smallest absolute Gasteiger partial charge is 0.241 e. The van der Waals surface area contributed by atoms with Gasteiger partial charge in [0.1, 0.15) is 0 Å². The maximum atomic E-state index is 13.5. The molecular weight excluding hydrogens is 412 g/mol. The second kappa shape index (κ2) is 10.7. The van der Waals surface area contributed by atoms with Gasteiger partial charge in [0.05, 0.1) is 29.0 Å². The Labute approximate surface area is 185 Å². The highest BCUT2D eigenvalue weighted by molar-refractivity contribution is 7.89. The summed E-state index contributed by atoms with van der Waals surface area (Å²) in [5.41, 5.74) is -0.528. The molecule has 0 heterocycles. The quantitative estimate of drug-likeness (QED) is 0.463. The molecule has 0 bridgehead atoms. The van der Waals surface area contributed by atoms with Crippen molar-refractivity contribution in [1.82, 2.24) is 10.0 Å². The number of aliphatic hydroxyl groups is 1. The van der Waals surface area contributed by atoms with Crippen LogP contribution in [0, 0.1) is 11.3 Å². The van der Waals surface area contributed by atoms with Crippen molar-refractivity contribution in [1.29, 1.82) is 0 Å². The fourth-order valence-electron chi connectivity index (χ4n) is 3.43. The van der Waals surface area contributed by atoms with Crippen LogP contribution in [0.15, 0.2) is 78.2 Å². The second-order valence-electron chi connectivity index (χ2n) is 8.19. The van der Waals surface area contributed by atoms with Crippen LogP contribution < -0.4 is 10.0 Å². The number of hydrogen-bond donors (Lipinski definition) is 3. The first-order valence-electron chi connectivity index (χ1n) is 10.3. The van der Waals surface area contributed by atoms with Gasteiger partial charge in [-0.3, -0.25) is 4.79 Å². The first-order chi connectivity index (χ1) is 14.7. The number of allylic oxidation sites excluding steroid dienone is 1. The minimum absolute atomic E-state index is 0.0121. The Bertz CT molecular complexity index is 962. The van der Waals surface area contributed by atoms with Gasteiger partial charge in [0.2, 0.25) is 15.9 Å². The zero-order valence-corrected chi connectivity index (χ0v) is 19.1. The lowest BCUT2D eigenvalue weighted by atomic mass is 9.75. The van der Waals surface area contributed by atoms with Crippen LogP contribution in [0.3, 0.4) is 0 Å². The zero-order valence-electron chi connectivity index (χ0n) is 18.3. The Morgan fingerprint density at radius 1 is 1.10 bits per heavy atom. The van der Waals surface area contributed by atoms with Crippen LogP contribution >= 0.6 is 0 Å². The SMILES string of the molecule is C=CC[C@@](C)(C(=O)N[C@H](CO)C(C)C)[C@@H](NS(=O)(=O)c1ccccc1)c1ccccc1. The van der Waals surface area contributed by atoms with Gasteiger partial charge in [-0.25, -0.2) is 13.1 Å². The Hall–Kier alpha value is -2.48. The summed E-state index contributed by atoms with van der Waals surface area (Å²) >= 11 is 0. The number of hydrogen-bond acceptors (Lipinski definition) is 4. The van der Waals surface area contributed by atoms with Crippen molar-refractivity contribution >= 4 is 15.9 Å². The third-order valence-corrected chi connectivity index (χ3v) is 6.94. The van der Waals surface area contributed by atoms with Gasteiger partial charge in [-0.1, -0.05) is 68.5 Å². The number of sulfonamides is 1. The molecule has 7 heteroatoms. The predicted molar refractivity (Wildman–Crippen MR) is 123 cm³/mol. The number of aliphatic hydroxyl groups excluding tert-OH is 1. The Balaban J connectivity index is 2.53. The highest BCUT2D eigenvalue weighted by atomic mass is 32.2. The molecule has 2 aromatic carbocycles. The van der Waals surface area contributed by atoms with Crippen LogP contribution in [0.2, 0.25) is 0 Å². The average molecular weight is 445 g/mol. The van der Waals surface area contributed by atoms with E-state index in [4.69, 9.17) is 0 Å². The molecule has 0 aliphatic rings. The third kappa shape index (κ3) is 6.03. The third-order valence-electron chi connectivity index (χ3n) is 5.50. The molecule has 0 saturated heterocycles. The molecule has 1 amide bonds. The molecule has 0 aliphatic heterocycles. The Kier molecular flexibility index (Phi) is 8.56. The molecule has 6 nitrogen and oxygen atoms in total. The van der Waals surface area contributed by atoms with Crippen LogP contribution in [0.25, 0.3) is 0 Å². The summed E-state index contributed by atoms with van der Waals surface area (Å²) in [6, 6.07) is 15.8. The van der Waals surface area contributed by atoms with E-state index >= 15 is 0 Å². The van der Waals surface area contributed by atoms with Crippen LogP contribution in [-0.4, -0.2) is 32.1 Å². The first-order valence-corrected chi connectivity index (χ1v) is 11.8. The highest BCUT2D eigenvalue weighted by Gasteiger charge is 2.44. The molecular formula is C24H32N2O4S. The summed E-state index contributed by atoms with van der Waals surface area (Å²) in [7, 11) is -3.91. The van der Waals surface area contributed by atoms with Gasteiger partial charge in [0.15, 0.2) is 0 Å². The molecule has 0 fully saturated rings. The van der Waals surface area contributed by atoms with E-state index in [1.807, 2.05) is 19.9 Å². The molecule has 0 aliphatic carbocycles. The van der Waals surface area contributed by atoms with Gasteiger partial charge in [-0.15, -0.1) is 6.58 Å². The largest absolute Gasteiger partial charge is 0.394 e. The first kappa shape index (κ1) is 24.8. The normalized spacial score (nSPS) is 15.6. The van der Waals surface area contributed by atoms with Crippen LogP contribution in [-0.2, 0) is 14.8 Å². The lowest BCUT2D eigenvalue weighted by molar-refractivity contribution is -0.133. The van der Waals surface area contributed by atoms with Gasteiger partial charge in [-0.05, 0) is 37.0 Å². The van der Waals surface area contributed by atoms with Gasteiger partial charge in [-0.2, -0.15) is 0 Å². The van der Waals surface area contributed by atoms with E-state index in [2.05, 4.69) is 16.6 Å². The number of rotatable bonds is 11. The van der Waals surface area contributed by atoms with E-state index in [0.717, 1.165) is 0 Å². The van der Waals surface area contributed by atoms with Crippen molar-refractivity contribution in [3.05, 3.63) is 78.9 Å². The number of benzene rings is 2. The summed E-state index contributed by atoms with van der Waals surface area (Å²) in [5.74, 6) is -0.345. The van der Waals surface area contributed by atoms with E-state index in [-0.39, 0.29) is 29.7 Å². The molecule has 0 aromatic heterocycles. The average Bonchev–Trinajstić information content (AvgIpc) is 2.76. The van der Waals surface area contributed by atoms with Crippen molar-refractivity contribution in [2.45, 2.75) is 44.2 Å². The van der Waals surface area contributed by atoms with Gasteiger partial charge in [0.25, 0.3) is 0 Å². The molecule has 0 saturated carbocycles. The lowest BCUT2D eigenvalue weighted by Crippen LogP contribution is -2.53. The minimum Gasteiger partial charge on any atom is -0.394 e. The summed E-state index contributed by atoms with van der Waals surface area (Å²) in [4.78, 5) is 13.6. The maximum absolute atomic E-state index is 13.5. The second-order valence-corrected chi connectivity index (χ2v) is 9.91. The number of amides is 1. The fraction of sp³-hybridized carbons (Fsp3) is 0.375. The molecule has 3 N–H and O–H groups in total. The Morgan fingerprint density at radius 2 is 1.65 bits per heavy atom. The zero-order chi connectivity index (χ0) is 23.1. The monoisotopic (exact) mass is 444 g/mol. The van der Waals surface area contributed by atoms with Gasteiger partial charge < -0.3 is 10.4 Å². The van der Waals surface area contributed by atoms with E-state index in [1.165, 1.54) is 12.1 Å². The van der Waals surface area contributed by atoms with Crippen molar-refractivity contribution in [2.24, 2.45) is 11.3 Å². The molecule has 2 aromatic rings. The molecule has 3 atom stereocenters. The summed E-state index contributed by atoms with van der Waals surface area (Å²) < 4.78 is 29.1. The molecule has 168 valence electrons. The fourth-order valence-corrected chi connectivity index (χ4v) is 4.79. The molecule has 0 radical (unpaired) electrons. The van der Waals surface area contributed by atoms with Crippen molar-refractivity contribution in [3.63, 3.8) is 0 Å². The summed E-state index contributed by atoms with van der Waals surface area (Å²) in [5, 5.41) is 12.6. The van der Waals surface area contributed by atoms with E-state index in [1.54, 1.807) is 55.5 Å².